The molecule has 0 bridgehead atoms. The summed E-state index contributed by atoms with van der Waals surface area (Å²) < 4.78 is 0. The summed E-state index contributed by atoms with van der Waals surface area (Å²) in [6.45, 7) is 9.97. The second-order valence-electron chi connectivity index (χ2n) is 5.11. The zero-order chi connectivity index (χ0) is 13.1. The van der Waals surface area contributed by atoms with E-state index in [9.17, 15) is 0 Å². The Labute approximate surface area is 115 Å². The van der Waals surface area contributed by atoms with Crippen molar-refractivity contribution >= 4 is 17.3 Å². The first-order chi connectivity index (χ1) is 8.58. The predicted octanol–water partition coefficient (Wildman–Crippen LogP) is 2.45. The SMILES string of the molecule is CCN1CCN(Cc2cc(N)cc(Cl)c2)CC1C. The minimum Gasteiger partial charge on any atom is -0.399 e. The molecule has 1 aliphatic heterocycles. The number of halogens is 1. The van der Waals surface area contributed by atoms with Crippen LogP contribution >= 0.6 is 11.6 Å². The predicted molar refractivity (Wildman–Crippen MR) is 77.9 cm³/mol. The molecule has 3 nitrogen and oxygen atoms in total. The van der Waals surface area contributed by atoms with Crippen molar-refractivity contribution in [1.82, 2.24) is 9.80 Å². The van der Waals surface area contributed by atoms with Crippen LogP contribution in [0.3, 0.4) is 0 Å². The number of nitrogens with two attached hydrogens (primary N) is 1. The molecule has 4 heteroatoms. The smallest absolute Gasteiger partial charge is 0.0429 e. The molecule has 1 heterocycles. The summed E-state index contributed by atoms with van der Waals surface area (Å²) >= 11 is 6.04. The van der Waals surface area contributed by atoms with Crippen molar-refractivity contribution in [3.8, 4) is 0 Å². The Bertz CT molecular complexity index is 388. The number of nitrogens with zero attached hydrogens (tertiary/aromatic N) is 2. The minimum atomic E-state index is 0.625. The Morgan fingerprint density at radius 3 is 2.72 bits per heavy atom. The average molecular weight is 268 g/mol. The highest BCUT2D eigenvalue weighted by Gasteiger charge is 2.22. The van der Waals surface area contributed by atoms with E-state index in [1.165, 1.54) is 5.56 Å². The fraction of sp³-hybridized carbons (Fsp3) is 0.571. The molecular weight excluding hydrogens is 246 g/mol. The van der Waals surface area contributed by atoms with Gasteiger partial charge in [-0.3, -0.25) is 9.80 Å². The molecule has 2 rings (SSSR count). The van der Waals surface area contributed by atoms with Crippen molar-refractivity contribution in [3.63, 3.8) is 0 Å². The second kappa shape index (κ2) is 5.91. The lowest BCUT2D eigenvalue weighted by molar-refractivity contribution is 0.0835. The summed E-state index contributed by atoms with van der Waals surface area (Å²) in [7, 11) is 0. The van der Waals surface area contributed by atoms with E-state index in [-0.39, 0.29) is 0 Å². The maximum Gasteiger partial charge on any atom is 0.0429 e. The van der Waals surface area contributed by atoms with Crippen LogP contribution in [0.5, 0.6) is 0 Å². The summed E-state index contributed by atoms with van der Waals surface area (Å²) in [5, 5.41) is 0.727. The quantitative estimate of drug-likeness (QED) is 0.854. The van der Waals surface area contributed by atoms with Gasteiger partial charge in [-0.15, -0.1) is 0 Å². The summed E-state index contributed by atoms with van der Waals surface area (Å²) in [6, 6.07) is 6.44. The van der Waals surface area contributed by atoms with Crippen LogP contribution in [0.2, 0.25) is 5.02 Å². The Balaban J connectivity index is 1.98. The molecule has 0 aliphatic carbocycles. The molecule has 100 valence electrons. The molecule has 0 amide bonds. The summed E-state index contributed by atoms with van der Waals surface area (Å²) in [6.07, 6.45) is 0. The lowest BCUT2D eigenvalue weighted by Crippen LogP contribution is -2.51. The van der Waals surface area contributed by atoms with Gasteiger partial charge in [0.1, 0.15) is 0 Å². The monoisotopic (exact) mass is 267 g/mol. The van der Waals surface area contributed by atoms with E-state index in [1.54, 1.807) is 6.07 Å². The van der Waals surface area contributed by atoms with Crippen molar-refractivity contribution in [2.45, 2.75) is 26.4 Å². The van der Waals surface area contributed by atoms with E-state index in [4.69, 9.17) is 17.3 Å². The Hall–Kier alpha value is -0.770. The first kappa shape index (κ1) is 13.7. The van der Waals surface area contributed by atoms with Crippen LogP contribution in [-0.2, 0) is 6.54 Å². The molecule has 2 N–H and O–H groups in total. The third kappa shape index (κ3) is 3.37. The van der Waals surface area contributed by atoms with Crippen LogP contribution < -0.4 is 5.73 Å². The largest absolute Gasteiger partial charge is 0.399 e. The van der Waals surface area contributed by atoms with Gasteiger partial charge in [-0.2, -0.15) is 0 Å². The average Bonchev–Trinajstić information content (AvgIpc) is 2.27. The highest BCUT2D eigenvalue weighted by atomic mass is 35.5. The fourth-order valence-corrected chi connectivity index (χ4v) is 2.98. The van der Waals surface area contributed by atoms with Crippen LogP contribution in [0.1, 0.15) is 19.4 Å². The molecule has 1 unspecified atom stereocenters. The molecule has 1 saturated heterocycles. The maximum atomic E-state index is 6.04. The number of rotatable bonds is 3. The number of anilines is 1. The zero-order valence-corrected chi connectivity index (χ0v) is 12.0. The molecule has 1 aromatic rings. The molecule has 1 fully saturated rings. The van der Waals surface area contributed by atoms with Gasteiger partial charge < -0.3 is 5.73 Å². The van der Waals surface area contributed by atoms with E-state index >= 15 is 0 Å². The summed E-state index contributed by atoms with van der Waals surface area (Å²) in [5.74, 6) is 0. The van der Waals surface area contributed by atoms with Gasteiger partial charge in [-0.05, 0) is 37.2 Å². The number of hydrogen-bond donors (Lipinski definition) is 1. The van der Waals surface area contributed by atoms with Crippen molar-refractivity contribution in [1.29, 1.82) is 0 Å². The van der Waals surface area contributed by atoms with Gasteiger partial charge in [-0.25, -0.2) is 0 Å². The normalized spacial score (nSPS) is 22.3. The first-order valence-electron chi connectivity index (χ1n) is 6.60. The lowest BCUT2D eigenvalue weighted by atomic mass is 10.1. The van der Waals surface area contributed by atoms with E-state index in [2.05, 4.69) is 23.6 Å². The Morgan fingerprint density at radius 1 is 1.33 bits per heavy atom. The van der Waals surface area contributed by atoms with E-state index in [1.807, 2.05) is 12.1 Å². The fourth-order valence-electron chi connectivity index (χ4n) is 2.71. The lowest BCUT2D eigenvalue weighted by Gasteiger charge is -2.39. The van der Waals surface area contributed by atoms with Crippen molar-refractivity contribution in [2.24, 2.45) is 0 Å². The van der Waals surface area contributed by atoms with E-state index in [0.717, 1.165) is 43.4 Å². The third-order valence-electron chi connectivity index (χ3n) is 3.64. The Morgan fingerprint density at radius 2 is 2.11 bits per heavy atom. The van der Waals surface area contributed by atoms with Gasteiger partial charge in [0, 0.05) is 42.9 Å². The van der Waals surface area contributed by atoms with E-state index < -0.39 is 0 Å². The van der Waals surface area contributed by atoms with Gasteiger partial charge in [0.15, 0.2) is 0 Å². The second-order valence-corrected chi connectivity index (χ2v) is 5.54. The standard InChI is InChI=1S/C14H22ClN3/c1-3-18-5-4-17(9-11(18)2)10-12-6-13(15)8-14(16)7-12/h6-8,11H,3-5,9-10,16H2,1-2H3. The molecule has 18 heavy (non-hydrogen) atoms. The number of hydrogen-bond acceptors (Lipinski definition) is 3. The van der Waals surface area contributed by atoms with Gasteiger partial charge in [-0.1, -0.05) is 18.5 Å². The number of nitrogen functional groups attached to an aromatic ring is 1. The molecule has 1 aliphatic rings. The highest BCUT2D eigenvalue weighted by Crippen LogP contribution is 2.19. The van der Waals surface area contributed by atoms with Gasteiger partial charge in [0.05, 0.1) is 0 Å². The maximum absolute atomic E-state index is 6.04. The third-order valence-corrected chi connectivity index (χ3v) is 3.86. The molecule has 1 aromatic carbocycles. The summed E-state index contributed by atoms with van der Waals surface area (Å²) in [4.78, 5) is 4.99. The zero-order valence-electron chi connectivity index (χ0n) is 11.2. The van der Waals surface area contributed by atoms with Gasteiger partial charge in [0.25, 0.3) is 0 Å². The van der Waals surface area contributed by atoms with E-state index in [0.29, 0.717) is 6.04 Å². The minimum absolute atomic E-state index is 0.625. The van der Waals surface area contributed by atoms with Crippen LogP contribution in [0, 0.1) is 0 Å². The molecular formula is C14H22ClN3. The molecule has 0 saturated carbocycles. The number of likely N-dealkylation sites (N-methyl/N-ethyl adjacent to an activating group) is 1. The van der Waals surface area contributed by atoms with Crippen molar-refractivity contribution in [2.75, 3.05) is 31.9 Å². The molecule has 0 aromatic heterocycles. The van der Waals surface area contributed by atoms with Crippen LogP contribution in [0.15, 0.2) is 18.2 Å². The van der Waals surface area contributed by atoms with Crippen LogP contribution in [0.25, 0.3) is 0 Å². The molecule has 0 radical (unpaired) electrons. The molecule has 0 spiro atoms. The number of benzene rings is 1. The van der Waals surface area contributed by atoms with Crippen molar-refractivity contribution in [3.05, 3.63) is 28.8 Å². The van der Waals surface area contributed by atoms with Crippen molar-refractivity contribution < 1.29 is 0 Å². The Kier molecular flexibility index (Phi) is 4.49. The van der Waals surface area contributed by atoms with Crippen LogP contribution in [0.4, 0.5) is 5.69 Å². The topological polar surface area (TPSA) is 32.5 Å². The highest BCUT2D eigenvalue weighted by molar-refractivity contribution is 6.30. The first-order valence-corrected chi connectivity index (χ1v) is 6.97. The number of piperazine rings is 1. The molecule has 1 atom stereocenters. The van der Waals surface area contributed by atoms with Gasteiger partial charge in [0.2, 0.25) is 0 Å². The van der Waals surface area contributed by atoms with Gasteiger partial charge >= 0.3 is 0 Å². The summed E-state index contributed by atoms with van der Waals surface area (Å²) in [5.41, 5.74) is 7.78. The van der Waals surface area contributed by atoms with Crippen LogP contribution in [-0.4, -0.2) is 42.0 Å².